The lowest BCUT2D eigenvalue weighted by molar-refractivity contribution is -0.167. The van der Waals surface area contributed by atoms with Crippen LogP contribution in [0, 0.1) is 5.92 Å². The molecule has 3 N–H and O–H groups in total. The maximum atomic E-state index is 12.0. The molecule has 2 atom stereocenters. The third-order valence-electron chi connectivity index (χ3n) is 2.83. The summed E-state index contributed by atoms with van der Waals surface area (Å²) in [6.07, 6.45) is 0.117. The van der Waals surface area contributed by atoms with Gasteiger partial charge in [-0.25, -0.2) is 0 Å². The van der Waals surface area contributed by atoms with Crippen LogP contribution in [0.15, 0.2) is 18.2 Å². The quantitative estimate of drug-likeness (QED) is 0.631. The number of carboxylic acids is 1. The number of halogens is 2. The summed E-state index contributed by atoms with van der Waals surface area (Å²) >= 11 is 11.8. The molecule has 0 aliphatic rings. The molecule has 0 aliphatic heterocycles. The number of carbonyl (C=O) groups is 2. The Labute approximate surface area is 139 Å². The number of nitrogens with two attached hydrogens (primary N) is 1. The van der Waals surface area contributed by atoms with Crippen LogP contribution < -0.4 is 5.73 Å². The summed E-state index contributed by atoms with van der Waals surface area (Å²) in [5.74, 6) is -3.66. The minimum atomic E-state index is -1.47. The van der Waals surface area contributed by atoms with E-state index in [0.717, 1.165) is 0 Å². The van der Waals surface area contributed by atoms with Gasteiger partial charge in [-0.1, -0.05) is 29.3 Å². The molecule has 0 heterocycles. The van der Waals surface area contributed by atoms with Gasteiger partial charge in [-0.15, -0.1) is 0 Å². The highest BCUT2D eigenvalue weighted by atomic mass is 35.5. The molecule has 0 saturated carbocycles. The fourth-order valence-corrected chi connectivity index (χ4v) is 2.37. The summed E-state index contributed by atoms with van der Waals surface area (Å²) in [5.41, 5.74) is 5.73. The Morgan fingerprint density at radius 1 is 1.32 bits per heavy atom. The van der Waals surface area contributed by atoms with Gasteiger partial charge in [-0.2, -0.15) is 0 Å². The number of rotatable bonds is 5. The van der Waals surface area contributed by atoms with Crippen LogP contribution in [0.5, 0.6) is 0 Å². The number of esters is 1. The third-order valence-corrected chi connectivity index (χ3v) is 3.41. The van der Waals surface area contributed by atoms with Crippen LogP contribution in [-0.4, -0.2) is 28.7 Å². The summed E-state index contributed by atoms with van der Waals surface area (Å²) in [6, 6.07) is 3.84. The zero-order valence-corrected chi connectivity index (χ0v) is 14.1. The van der Waals surface area contributed by atoms with Gasteiger partial charge in [0.05, 0.1) is 0 Å². The van der Waals surface area contributed by atoms with Crippen LogP contribution in [0.4, 0.5) is 0 Å². The first-order valence-electron chi connectivity index (χ1n) is 6.66. The van der Waals surface area contributed by atoms with Gasteiger partial charge in [0.1, 0.15) is 5.60 Å². The zero-order valence-electron chi connectivity index (χ0n) is 12.6. The van der Waals surface area contributed by atoms with Gasteiger partial charge in [0.2, 0.25) is 0 Å². The highest BCUT2D eigenvalue weighted by Crippen LogP contribution is 2.24. The van der Waals surface area contributed by atoms with Crippen LogP contribution in [0.2, 0.25) is 10.0 Å². The topological polar surface area (TPSA) is 89.6 Å². The maximum absolute atomic E-state index is 12.0. The van der Waals surface area contributed by atoms with Crippen LogP contribution in [-0.2, 0) is 20.7 Å². The second-order valence-corrected chi connectivity index (χ2v) is 6.80. The van der Waals surface area contributed by atoms with Crippen molar-refractivity contribution in [2.45, 2.75) is 38.8 Å². The molecule has 0 fully saturated rings. The van der Waals surface area contributed by atoms with Crippen molar-refractivity contribution < 1.29 is 19.4 Å². The number of ether oxygens (including phenoxy) is 1. The Kier molecular flexibility index (Phi) is 6.23. The fourth-order valence-electron chi connectivity index (χ4n) is 1.88. The number of hydrogen-bond donors (Lipinski definition) is 2. The van der Waals surface area contributed by atoms with E-state index in [1.165, 1.54) is 6.07 Å². The molecule has 0 radical (unpaired) electrons. The van der Waals surface area contributed by atoms with Gasteiger partial charge in [0, 0.05) is 16.1 Å². The summed E-state index contributed by atoms with van der Waals surface area (Å²) in [6.45, 7) is 4.97. The van der Waals surface area contributed by atoms with Crippen molar-refractivity contribution in [3.05, 3.63) is 33.8 Å². The zero-order chi connectivity index (χ0) is 17.1. The van der Waals surface area contributed by atoms with Gasteiger partial charge < -0.3 is 15.6 Å². The maximum Gasteiger partial charge on any atom is 0.322 e. The largest absolute Gasteiger partial charge is 0.481 e. The normalized spacial score (nSPS) is 14.3. The van der Waals surface area contributed by atoms with Gasteiger partial charge in [-0.05, 0) is 44.9 Å². The molecule has 1 aromatic rings. The van der Waals surface area contributed by atoms with E-state index in [4.69, 9.17) is 33.7 Å². The van der Waals surface area contributed by atoms with Gasteiger partial charge in [0.15, 0.2) is 5.92 Å². The Morgan fingerprint density at radius 3 is 2.36 bits per heavy atom. The van der Waals surface area contributed by atoms with E-state index in [-0.39, 0.29) is 6.42 Å². The molecular formula is C15H19Cl2NO4. The van der Waals surface area contributed by atoms with Gasteiger partial charge in [-0.3, -0.25) is 9.59 Å². The SMILES string of the molecule is CC(C)(C)OC(=O)[C@@H](C(=O)O)C(N)Cc1ccc(Cl)cc1Cl. The van der Waals surface area contributed by atoms with Crippen molar-refractivity contribution in [1.82, 2.24) is 0 Å². The van der Waals surface area contributed by atoms with E-state index >= 15 is 0 Å². The number of carbonyl (C=O) groups excluding carboxylic acids is 1. The van der Waals surface area contributed by atoms with Crippen molar-refractivity contribution in [3.8, 4) is 0 Å². The van der Waals surface area contributed by atoms with E-state index < -0.39 is 29.5 Å². The molecule has 1 unspecified atom stereocenters. The Balaban J connectivity index is 2.92. The molecule has 122 valence electrons. The fraction of sp³-hybridized carbons (Fsp3) is 0.467. The lowest BCUT2D eigenvalue weighted by Gasteiger charge is -2.25. The Bertz CT molecular complexity index is 569. The molecule has 7 heteroatoms. The van der Waals surface area contributed by atoms with E-state index in [1.54, 1.807) is 32.9 Å². The number of carboxylic acid groups (broad SMARTS) is 1. The van der Waals surface area contributed by atoms with Crippen molar-refractivity contribution >= 4 is 35.1 Å². The average molecular weight is 348 g/mol. The molecule has 0 bridgehead atoms. The van der Waals surface area contributed by atoms with E-state index in [1.807, 2.05) is 0 Å². The van der Waals surface area contributed by atoms with Crippen molar-refractivity contribution in [1.29, 1.82) is 0 Å². The summed E-state index contributed by atoms with van der Waals surface area (Å²) in [7, 11) is 0. The minimum Gasteiger partial charge on any atom is -0.481 e. The molecule has 0 saturated heterocycles. The van der Waals surface area contributed by atoms with Gasteiger partial charge in [0.25, 0.3) is 0 Å². The third kappa shape index (κ3) is 5.48. The molecule has 0 aliphatic carbocycles. The summed E-state index contributed by atoms with van der Waals surface area (Å²) in [5, 5.41) is 10.1. The molecule has 1 aromatic carbocycles. The summed E-state index contributed by atoms with van der Waals surface area (Å²) in [4.78, 5) is 23.4. The second kappa shape index (κ2) is 7.31. The minimum absolute atomic E-state index is 0.117. The van der Waals surface area contributed by atoms with E-state index in [2.05, 4.69) is 0 Å². The standard InChI is InChI=1S/C15H19Cl2NO4/c1-15(2,3)22-14(21)12(13(19)20)11(18)6-8-4-5-9(16)7-10(8)17/h4-5,7,11-12H,6,18H2,1-3H3,(H,19,20)/t11?,12-/m1/s1. The molecule has 0 amide bonds. The Morgan fingerprint density at radius 2 is 1.91 bits per heavy atom. The summed E-state index contributed by atoms with van der Waals surface area (Å²) < 4.78 is 5.12. The van der Waals surface area contributed by atoms with E-state index in [0.29, 0.717) is 15.6 Å². The number of aliphatic carboxylic acids is 1. The lowest BCUT2D eigenvalue weighted by Crippen LogP contribution is -2.45. The van der Waals surface area contributed by atoms with Crippen LogP contribution >= 0.6 is 23.2 Å². The second-order valence-electron chi connectivity index (χ2n) is 5.95. The lowest BCUT2D eigenvalue weighted by atomic mass is 9.94. The molecule has 5 nitrogen and oxygen atoms in total. The van der Waals surface area contributed by atoms with Crippen LogP contribution in [0.25, 0.3) is 0 Å². The molecule has 0 spiro atoms. The predicted octanol–water partition coefficient (Wildman–Crippen LogP) is 2.91. The first-order chi connectivity index (χ1) is 10.0. The Hall–Kier alpha value is -1.30. The molecular weight excluding hydrogens is 329 g/mol. The van der Waals surface area contributed by atoms with Crippen LogP contribution in [0.3, 0.4) is 0 Å². The van der Waals surface area contributed by atoms with Crippen molar-refractivity contribution in [2.75, 3.05) is 0 Å². The number of benzene rings is 1. The smallest absolute Gasteiger partial charge is 0.322 e. The van der Waals surface area contributed by atoms with E-state index in [9.17, 15) is 14.7 Å². The highest BCUT2D eigenvalue weighted by molar-refractivity contribution is 6.35. The first-order valence-corrected chi connectivity index (χ1v) is 7.42. The first kappa shape index (κ1) is 18.7. The molecule has 1 rings (SSSR count). The van der Waals surface area contributed by atoms with Crippen LogP contribution in [0.1, 0.15) is 26.3 Å². The van der Waals surface area contributed by atoms with Gasteiger partial charge >= 0.3 is 11.9 Å². The predicted molar refractivity (Wildman–Crippen MR) is 85.1 cm³/mol. The van der Waals surface area contributed by atoms with Crippen molar-refractivity contribution in [3.63, 3.8) is 0 Å². The number of hydrogen-bond acceptors (Lipinski definition) is 4. The van der Waals surface area contributed by atoms with Crippen molar-refractivity contribution in [2.24, 2.45) is 11.7 Å². The molecule has 22 heavy (non-hydrogen) atoms. The molecule has 0 aromatic heterocycles. The monoisotopic (exact) mass is 347 g/mol. The average Bonchev–Trinajstić information content (AvgIpc) is 2.29. The highest BCUT2D eigenvalue weighted by Gasteiger charge is 2.36.